The highest BCUT2D eigenvalue weighted by molar-refractivity contribution is 14.1. The normalized spacial score (nSPS) is 13.2. The van der Waals surface area contributed by atoms with Crippen molar-refractivity contribution in [3.05, 3.63) is 0 Å². The van der Waals surface area contributed by atoms with Crippen molar-refractivity contribution in [1.29, 1.82) is 0 Å². The first kappa shape index (κ1) is 13.7. The SMILES string of the molecule is CCCCCCCCCCC(C)I. The summed E-state index contributed by atoms with van der Waals surface area (Å²) in [5, 5.41) is 0. The highest BCUT2D eigenvalue weighted by Crippen LogP contribution is 2.13. The summed E-state index contributed by atoms with van der Waals surface area (Å²) >= 11 is 2.52. The lowest BCUT2D eigenvalue weighted by molar-refractivity contribution is 0.566. The van der Waals surface area contributed by atoms with Crippen LogP contribution >= 0.6 is 22.6 Å². The van der Waals surface area contributed by atoms with Crippen molar-refractivity contribution in [2.45, 2.75) is 75.6 Å². The Kier molecular flexibility index (Phi) is 11.4. The monoisotopic (exact) mass is 296 g/mol. The Morgan fingerprint density at radius 3 is 1.77 bits per heavy atom. The minimum atomic E-state index is 0.873. The van der Waals surface area contributed by atoms with Crippen LogP contribution in [0, 0.1) is 0 Å². The van der Waals surface area contributed by atoms with E-state index in [2.05, 4.69) is 36.4 Å². The average molecular weight is 296 g/mol. The molecule has 0 aromatic heterocycles. The van der Waals surface area contributed by atoms with Crippen molar-refractivity contribution in [2.75, 3.05) is 0 Å². The summed E-state index contributed by atoms with van der Waals surface area (Å²) in [5.41, 5.74) is 0. The summed E-state index contributed by atoms with van der Waals surface area (Å²) in [6.45, 7) is 4.59. The molecule has 0 bridgehead atoms. The number of halogens is 1. The van der Waals surface area contributed by atoms with Crippen LogP contribution in [0.4, 0.5) is 0 Å². The number of hydrogen-bond donors (Lipinski definition) is 0. The van der Waals surface area contributed by atoms with Gasteiger partial charge in [-0.3, -0.25) is 0 Å². The molecule has 0 N–H and O–H groups in total. The number of unbranched alkanes of at least 4 members (excludes halogenated alkanes) is 7. The molecule has 0 radical (unpaired) electrons. The molecule has 0 saturated carbocycles. The van der Waals surface area contributed by atoms with Crippen molar-refractivity contribution >= 4 is 22.6 Å². The second kappa shape index (κ2) is 10.8. The zero-order valence-corrected chi connectivity index (χ0v) is 11.5. The smallest absolute Gasteiger partial charge is 0.00813 e. The molecule has 0 aliphatic carbocycles. The van der Waals surface area contributed by atoms with Crippen LogP contribution in [-0.4, -0.2) is 3.92 Å². The summed E-state index contributed by atoms with van der Waals surface area (Å²) in [5.74, 6) is 0. The van der Waals surface area contributed by atoms with Gasteiger partial charge >= 0.3 is 0 Å². The van der Waals surface area contributed by atoms with Crippen molar-refractivity contribution < 1.29 is 0 Å². The zero-order valence-electron chi connectivity index (χ0n) is 9.32. The Bertz CT molecular complexity index is 89.1. The minimum absolute atomic E-state index is 0.873. The van der Waals surface area contributed by atoms with Gasteiger partial charge in [-0.05, 0) is 6.42 Å². The van der Waals surface area contributed by atoms with Gasteiger partial charge < -0.3 is 0 Å². The fraction of sp³-hybridized carbons (Fsp3) is 1.00. The fourth-order valence-electron chi connectivity index (χ4n) is 1.56. The predicted molar refractivity (Wildman–Crippen MR) is 70.7 cm³/mol. The van der Waals surface area contributed by atoms with Crippen molar-refractivity contribution in [3.63, 3.8) is 0 Å². The molecule has 0 saturated heterocycles. The molecule has 0 rings (SSSR count). The van der Waals surface area contributed by atoms with Crippen LogP contribution in [0.15, 0.2) is 0 Å². The van der Waals surface area contributed by atoms with E-state index < -0.39 is 0 Å². The van der Waals surface area contributed by atoms with Crippen LogP contribution in [0.3, 0.4) is 0 Å². The summed E-state index contributed by atoms with van der Waals surface area (Å²) in [7, 11) is 0. The lowest BCUT2D eigenvalue weighted by Crippen LogP contribution is -1.89. The van der Waals surface area contributed by atoms with Crippen LogP contribution in [0.5, 0.6) is 0 Å². The molecule has 0 spiro atoms. The predicted octanol–water partition coefficient (Wildman–Crippen LogP) is 5.34. The molecular formula is C12H25I. The average Bonchev–Trinajstić information content (AvgIpc) is 2.09. The largest absolute Gasteiger partial charge is 0.0829 e. The Labute approximate surface area is 98.0 Å². The fourth-order valence-corrected chi connectivity index (χ4v) is 2.00. The molecule has 13 heavy (non-hydrogen) atoms. The van der Waals surface area contributed by atoms with E-state index in [0.717, 1.165) is 3.92 Å². The molecule has 80 valence electrons. The Morgan fingerprint density at radius 1 is 0.846 bits per heavy atom. The van der Waals surface area contributed by atoms with Gasteiger partial charge in [-0.1, -0.05) is 87.8 Å². The third-order valence-corrected chi connectivity index (χ3v) is 3.08. The third kappa shape index (κ3) is 12.7. The van der Waals surface area contributed by atoms with Crippen molar-refractivity contribution in [2.24, 2.45) is 0 Å². The van der Waals surface area contributed by atoms with Gasteiger partial charge in [0.25, 0.3) is 0 Å². The molecule has 1 heteroatoms. The molecule has 0 fully saturated rings. The van der Waals surface area contributed by atoms with E-state index in [0.29, 0.717) is 0 Å². The first-order valence-corrected chi connectivity index (χ1v) is 7.16. The van der Waals surface area contributed by atoms with E-state index in [1.165, 1.54) is 57.8 Å². The van der Waals surface area contributed by atoms with Gasteiger partial charge in [-0.15, -0.1) is 0 Å². The maximum absolute atomic E-state index is 2.52. The quantitative estimate of drug-likeness (QED) is 0.306. The summed E-state index contributed by atoms with van der Waals surface area (Å²) in [6, 6.07) is 0. The number of hydrogen-bond acceptors (Lipinski definition) is 0. The molecule has 0 amide bonds. The molecule has 0 nitrogen and oxygen atoms in total. The van der Waals surface area contributed by atoms with Gasteiger partial charge in [0.15, 0.2) is 0 Å². The minimum Gasteiger partial charge on any atom is -0.0829 e. The first-order chi connectivity index (χ1) is 6.27. The number of rotatable bonds is 9. The van der Waals surface area contributed by atoms with Crippen molar-refractivity contribution in [1.82, 2.24) is 0 Å². The summed E-state index contributed by atoms with van der Waals surface area (Å²) < 4.78 is 0.873. The second-order valence-corrected chi connectivity index (χ2v) is 6.17. The number of alkyl halides is 1. The summed E-state index contributed by atoms with van der Waals surface area (Å²) in [4.78, 5) is 0. The maximum atomic E-state index is 2.52. The molecule has 1 unspecified atom stereocenters. The topological polar surface area (TPSA) is 0 Å². The van der Waals surface area contributed by atoms with E-state index >= 15 is 0 Å². The van der Waals surface area contributed by atoms with Gasteiger partial charge in [0.2, 0.25) is 0 Å². The van der Waals surface area contributed by atoms with Crippen LogP contribution in [-0.2, 0) is 0 Å². The molecule has 0 aliphatic heterocycles. The molecule has 0 aromatic carbocycles. The van der Waals surface area contributed by atoms with Gasteiger partial charge in [-0.2, -0.15) is 0 Å². The zero-order chi connectivity index (χ0) is 9.94. The maximum Gasteiger partial charge on any atom is 0.00813 e. The van der Waals surface area contributed by atoms with E-state index in [4.69, 9.17) is 0 Å². The van der Waals surface area contributed by atoms with Gasteiger partial charge in [0, 0.05) is 3.92 Å². The Morgan fingerprint density at radius 2 is 1.31 bits per heavy atom. The highest BCUT2D eigenvalue weighted by Gasteiger charge is 1.95. The van der Waals surface area contributed by atoms with Gasteiger partial charge in [-0.25, -0.2) is 0 Å². The first-order valence-electron chi connectivity index (χ1n) is 5.91. The molecule has 1 atom stereocenters. The van der Waals surface area contributed by atoms with Gasteiger partial charge in [0.05, 0.1) is 0 Å². The molecule has 0 heterocycles. The van der Waals surface area contributed by atoms with Crippen LogP contribution in [0.2, 0.25) is 0 Å². The molecule has 0 aromatic rings. The standard InChI is InChI=1S/C12H25I/c1-3-4-5-6-7-8-9-10-11-12(2)13/h12H,3-11H2,1-2H3. The van der Waals surface area contributed by atoms with E-state index in [1.54, 1.807) is 0 Å². The van der Waals surface area contributed by atoms with Crippen molar-refractivity contribution in [3.8, 4) is 0 Å². The highest BCUT2D eigenvalue weighted by atomic mass is 127. The lowest BCUT2D eigenvalue weighted by atomic mass is 10.1. The molecule has 0 aliphatic rings. The second-order valence-electron chi connectivity index (χ2n) is 4.04. The van der Waals surface area contributed by atoms with E-state index in [1.807, 2.05) is 0 Å². The van der Waals surface area contributed by atoms with Crippen LogP contribution < -0.4 is 0 Å². The van der Waals surface area contributed by atoms with E-state index in [-0.39, 0.29) is 0 Å². The third-order valence-electron chi connectivity index (χ3n) is 2.46. The van der Waals surface area contributed by atoms with Crippen LogP contribution in [0.25, 0.3) is 0 Å². The summed E-state index contributed by atoms with van der Waals surface area (Å²) in [6.07, 6.45) is 13.0. The van der Waals surface area contributed by atoms with Gasteiger partial charge in [0.1, 0.15) is 0 Å². The van der Waals surface area contributed by atoms with Crippen LogP contribution in [0.1, 0.15) is 71.6 Å². The van der Waals surface area contributed by atoms with E-state index in [9.17, 15) is 0 Å². The Balaban J connectivity index is 2.84. The lowest BCUT2D eigenvalue weighted by Gasteiger charge is -2.03. The Hall–Kier alpha value is 0.730. The molecular weight excluding hydrogens is 271 g/mol.